The van der Waals surface area contributed by atoms with E-state index in [1.54, 1.807) is 28.4 Å². The first-order chi connectivity index (χ1) is 11.0. The van der Waals surface area contributed by atoms with E-state index >= 15 is 0 Å². The zero-order valence-corrected chi connectivity index (χ0v) is 15.1. The number of hydrogen-bond donors (Lipinski definition) is 2. The van der Waals surface area contributed by atoms with E-state index in [1.807, 2.05) is 6.07 Å². The molecule has 0 radical (unpaired) electrons. The Morgan fingerprint density at radius 1 is 1.39 bits per heavy atom. The Morgan fingerprint density at radius 2 is 2.22 bits per heavy atom. The molecule has 0 saturated heterocycles. The Hall–Kier alpha value is -1.14. The molecule has 4 nitrogen and oxygen atoms in total. The summed E-state index contributed by atoms with van der Waals surface area (Å²) < 4.78 is 0. The molecule has 0 saturated carbocycles. The lowest BCUT2D eigenvalue weighted by atomic mass is 10.1. The Labute approximate surface area is 149 Å². The second-order valence-corrected chi connectivity index (χ2v) is 7.54. The summed E-state index contributed by atoms with van der Waals surface area (Å²) in [4.78, 5) is 19.6. The number of benzene rings is 1. The van der Waals surface area contributed by atoms with Gasteiger partial charge in [-0.15, -0.1) is 0 Å². The van der Waals surface area contributed by atoms with E-state index < -0.39 is 0 Å². The number of carbonyl (C=O) groups excluding carboxylic acids is 1. The Bertz CT molecular complexity index is 732. The predicted molar refractivity (Wildman–Crippen MR) is 94.7 cm³/mol. The van der Waals surface area contributed by atoms with E-state index in [0.29, 0.717) is 15.2 Å². The van der Waals surface area contributed by atoms with Crippen molar-refractivity contribution in [2.45, 2.75) is 26.3 Å². The zero-order valence-electron chi connectivity index (χ0n) is 12.8. The number of halogens is 2. The molecule has 1 aromatic carbocycles. The Balaban J connectivity index is 1.64. The van der Waals surface area contributed by atoms with Gasteiger partial charge in [-0.2, -0.15) is 0 Å². The number of anilines is 1. The minimum Gasteiger partial charge on any atom is -0.330 e. The first-order valence-corrected chi connectivity index (χ1v) is 9.18. The summed E-state index contributed by atoms with van der Waals surface area (Å²) in [6.07, 6.45) is 1.24. The van der Waals surface area contributed by atoms with Crippen LogP contribution in [0.2, 0.25) is 10.0 Å². The Morgan fingerprint density at radius 3 is 2.96 bits per heavy atom. The predicted octanol–water partition coefficient (Wildman–Crippen LogP) is 2.59. The van der Waals surface area contributed by atoms with Gasteiger partial charge in [-0.1, -0.05) is 40.6 Å². The third kappa shape index (κ3) is 4.04. The molecule has 1 aromatic heterocycles. The number of quaternary nitrogens is 1. The van der Waals surface area contributed by atoms with E-state index in [2.05, 4.69) is 17.2 Å². The molecule has 1 aliphatic rings. The smallest absolute Gasteiger partial charge is 0.230 e. The second-order valence-electron chi connectivity index (χ2n) is 5.64. The molecule has 1 unspecified atom stereocenters. The van der Waals surface area contributed by atoms with E-state index in [1.165, 1.54) is 4.88 Å². The van der Waals surface area contributed by atoms with Crippen LogP contribution in [0.1, 0.15) is 23.1 Å². The zero-order chi connectivity index (χ0) is 16.4. The van der Waals surface area contributed by atoms with Crippen LogP contribution in [0.5, 0.6) is 0 Å². The third-order valence-electron chi connectivity index (χ3n) is 4.00. The van der Waals surface area contributed by atoms with Gasteiger partial charge >= 0.3 is 0 Å². The number of fused-ring (bicyclic) bond motifs is 1. The monoisotopic (exact) mass is 370 g/mol. The van der Waals surface area contributed by atoms with Crippen molar-refractivity contribution in [3.8, 4) is 0 Å². The van der Waals surface area contributed by atoms with Crippen molar-refractivity contribution in [1.82, 2.24) is 4.98 Å². The highest BCUT2D eigenvalue weighted by molar-refractivity contribution is 7.15. The highest BCUT2D eigenvalue weighted by Crippen LogP contribution is 2.25. The van der Waals surface area contributed by atoms with Gasteiger partial charge in [0.05, 0.1) is 40.1 Å². The molecule has 1 amide bonds. The van der Waals surface area contributed by atoms with Crippen molar-refractivity contribution in [1.29, 1.82) is 0 Å². The van der Waals surface area contributed by atoms with Crippen LogP contribution in [-0.4, -0.2) is 24.0 Å². The van der Waals surface area contributed by atoms with Crippen molar-refractivity contribution in [2.75, 3.05) is 18.4 Å². The quantitative estimate of drug-likeness (QED) is 0.868. The van der Waals surface area contributed by atoms with Gasteiger partial charge in [-0.25, -0.2) is 4.98 Å². The van der Waals surface area contributed by atoms with Gasteiger partial charge in [0.15, 0.2) is 5.13 Å². The molecule has 1 atom stereocenters. The fourth-order valence-electron chi connectivity index (χ4n) is 2.68. The van der Waals surface area contributed by atoms with Crippen LogP contribution in [0.15, 0.2) is 18.2 Å². The molecule has 0 aliphatic carbocycles. The minimum atomic E-state index is -0.0887. The summed E-state index contributed by atoms with van der Waals surface area (Å²) in [7, 11) is 0. The summed E-state index contributed by atoms with van der Waals surface area (Å²) in [6.45, 7) is 5.44. The average molecular weight is 371 g/mol. The van der Waals surface area contributed by atoms with Gasteiger partial charge in [0.25, 0.3) is 0 Å². The molecule has 2 aromatic rings. The first kappa shape index (κ1) is 16.7. The summed E-state index contributed by atoms with van der Waals surface area (Å²) >= 11 is 13.5. The molecule has 2 N–H and O–H groups in total. The van der Waals surface area contributed by atoms with E-state index in [9.17, 15) is 4.79 Å². The van der Waals surface area contributed by atoms with Crippen LogP contribution in [-0.2, 0) is 24.2 Å². The van der Waals surface area contributed by atoms with E-state index in [-0.39, 0.29) is 12.3 Å². The van der Waals surface area contributed by atoms with Crippen molar-refractivity contribution in [3.63, 3.8) is 0 Å². The van der Waals surface area contributed by atoms with E-state index in [0.717, 1.165) is 37.3 Å². The summed E-state index contributed by atoms with van der Waals surface area (Å²) in [6, 6.07) is 5.23. The summed E-state index contributed by atoms with van der Waals surface area (Å²) in [5.74, 6) is -0.0887. The average Bonchev–Trinajstić information content (AvgIpc) is 2.91. The number of aromatic nitrogens is 1. The number of thiazole rings is 1. The van der Waals surface area contributed by atoms with Crippen LogP contribution in [0, 0.1) is 0 Å². The number of nitrogens with zero attached hydrogens (tertiary/aromatic N) is 1. The van der Waals surface area contributed by atoms with E-state index in [4.69, 9.17) is 23.2 Å². The van der Waals surface area contributed by atoms with Crippen LogP contribution < -0.4 is 10.2 Å². The van der Waals surface area contributed by atoms with Crippen LogP contribution >= 0.6 is 34.5 Å². The number of carbonyl (C=O) groups is 1. The second kappa shape index (κ2) is 7.18. The van der Waals surface area contributed by atoms with Crippen LogP contribution in [0.3, 0.4) is 0 Å². The minimum absolute atomic E-state index is 0.0887. The number of likely N-dealkylation sites (N-methyl/N-ethyl adjacent to an activating group) is 1. The molecular weight excluding hydrogens is 353 g/mol. The van der Waals surface area contributed by atoms with Crippen LogP contribution in [0.4, 0.5) is 5.13 Å². The van der Waals surface area contributed by atoms with Crippen LogP contribution in [0.25, 0.3) is 0 Å². The largest absolute Gasteiger partial charge is 0.330 e. The molecule has 2 heterocycles. The number of hydrogen-bond acceptors (Lipinski definition) is 3. The summed E-state index contributed by atoms with van der Waals surface area (Å²) in [5.41, 5.74) is 1.97. The van der Waals surface area contributed by atoms with Crippen molar-refractivity contribution in [3.05, 3.63) is 44.4 Å². The maximum absolute atomic E-state index is 12.2. The highest BCUT2D eigenvalue weighted by atomic mass is 35.5. The molecule has 3 rings (SSSR count). The van der Waals surface area contributed by atoms with Gasteiger partial charge in [-0.3, -0.25) is 4.79 Å². The number of rotatable bonds is 4. The normalized spacial score (nSPS) is 16.9. The fourth-order valence-corrected chi connectivity index (χ4v) is 4.10. The Kier molecular flexibility index (Phi) is 5.21. The molecule has 0 spiro atoms. The molecule has 23 heavy (non-hydrogen) atoms. The van der Waals surface area contributed by atoms with Crippen molar-refractivity contribution < 1.29 is 9.69 Å². The molecule has 1 aliphatic heterocycles. The van der Waals surface area contributed by atoms with Gasteiger partial charge in [0.1, 0.15) is 6.54 Å². The van der Waals surface area contributed by atoms with Gasteiger partial charge < -0.3 is 10.2 Å². The number of amides is 1. The number of nitrogens with one attached hydrogen (secondary N) is 2. The SMILES string of the molecule is CC[NH+]1CCc2nc(NC(=O)Cc3ccc(Cl)c(Cl)c3)sc2C1. The van der Waals surface area contributed by atoms with Gasteiger partial charge in [-0.05, 0) is 24.6 Å². The maximum Gasteiger partial charge on any atom is 0.230 e. The molecule has 0 fully saturated rings. The molecule has 0 bridgehead atoms. The summed E-state index contributed by atoms with van der Waals surface area (Å²) in [5, 5.41) is 4.54. The third-order valence-corrected chi connectivity index (χ3v) is 5.75. The maximum atomic E-state index is 12.2. The lowest BCUT2D eigenvalue weighted by molar-refractivity contribution is -0.913. The standard InChI is InChI=1S/C16H17Cl2N3OS/c1-2-21-6-5-13-14(9-21)23-16(19-13)20-15(22)8-10-3-4-11(17)12(18)7-10/h3-4,7H,2,5-6,8-9H2,1H3,(H,19,20,22)/p+1. The van der Waals surface area contributed by atoms with Gasteiger partial charge in [0.2, 0.25) is 5.91 Å². The lowest BCUT2D eigenvalue weighted by Gasteiger charge is -2.20. The topological polar surface area (TPSA) is 46.4 Å². The fraction of sp³-hybridized carbons (Fsp3) is 0.375. The highest BCUT2D eigenvalue weighted by Gasteiger charge is 2.23. The first-order valence-electron chi connectivity index (χ1n) is 7.61. The van der Waals surface area contributed by atoms with Crippen molar-refractivity contribution >= 4 is 45.6 Å². The molecule has 7 heteroatoms. The lowest BCUT2D eigenvalue weighted by Crippen LogP contribution is -3.11. The van der Waals surface area contributed by atoms with Gasteiger partial charge in [0, 0.05) is 6.42 Å². The van der Waals surface area contributed by atoms with Crippen molar-refractivity contribution in [2.24, 2.45) is 0 Å². The molecule has 122 valence electrons. The molecular formula is C16H18Cl2N3OS+.